The van der Waals surface area contributed by atoms with Gasteiger partial charge in [-0.1, -0.05) is 30.7 Å². The van der Waals surface area contributed by atoms with Crippen LogP contribution in [0.3, 0.4) is 0 Å². The normalized spacial score (nSPS) is 10.4. The largest absolute Gasteiger partial charge is 0.493 e. The van der Waals surface area contributed by atoms with Crippen LogP contribution in [0.5, 0.6) is 17.2 Å². The van der Waals surface area contributed by atoms with E-state index in [0.29, 0.717) is 39.8 Å². The molecule has 29 heavy (non-hydrogen) atoms. The quantitative estimate of drug-likeness (QED) is 0.527. The number of nitrogens with zero attached hydrogens (tertiary/aromatic N) is 2. The summed E-state index contributed by atoms with van der Waals surface area (Å²) in [7, 11) is 1.58. The van der Waals surface area contributed by atoms with Crippen molar-refractivity contribution < 1.29 is 19.0 Å². The van der Waals surface area contributed by atoms with Gasteiger partial charge in [-0.3, -0.25) is 10.1 Å². The van der Waals surface area contributed by atoms with Crippen LogP contribution in [0, 0.1) is 0 Å². The number of amides is 1. The molecule has 2 aromatic carbocycles. The van der Waals surface area contributed by atoms with Gasteiger partial charge in [0.25, 0.3) is 5.91 Å². The Balaban J connectivity index is 1.63. The highest BCUT2D eigenvalue weighted by molar-refractivity contribution is 7.10. The summed E-state index contributed by atoms with van der Waals surface area (Å²) in [5.41, 5.74) is 0.759. The van der Waals surface area contributed by atoms with Gasteiger partial charge in [-0.05, 0) is 36.8 Å². The Bertz CT molecular complexity index is 980. The molecular weight excluding hydrogens is 414 g/mol. The van der Waals surface area contributed by atoms with Crippen LogP contribution in [0.15, 0.2) is 42.5 Å². The third-order valence-electron chi connectivity index (χ3n) is 3.75. The molecule has 0 aliphatic rings. The van der Waals surface area contributed by atoms with Crippen LogP contribution in [0.25, 0.3) is 11.4 Å². The van der Waals surface area contributed by atoms with E-state index in [0.717, 1.165) is 23.5 Å². The van der Waals surface area contributed by atoms with E-state index in [2.05, 4.69) is 14.7 Å². The SMILES string of the molecule is CCCOc1ccc(-c2nsc(NC(=O)COc3ccccc3Cl)n2)cc1OC. The topological polar surface area (TPSA) is 82.6 Å². The molecule has 0 fully saturated rings. The minimum Gasteiger partial charge on any atom is -0.493 e. The number of hydrogen-bond donors (Lipinski definition) is 1. The standard InChI is InChI=1S/C20H20ClN3O4S/c1-3-10-27-16-9-8-13(11-17(16)26-2)19-23-20(29-24-19)22-18(25)12-28-15-7-5-4-6-14(15)21/h4-9,11H,3,10,12H2,1-2H3,(H,22,23,24,25). The fourth-order valence-electron chi connectivity index (χ4n) is 2.39. The number of rotatable bonds is 9. The Morgan fingerprint density at radius 2 is 1.97 bits per heavy atom. The zero-order chi connectivity index (χ0) is 20.6. The average Bonchev–Trinajstić information content (AvgIpc) is 3.20. The molecule has 7 nitrogen and oxygen atoms in total. The van der Waals surface area contributed by atoms with Crippen molar-refractivity contribution in [3.63, 3.8) is 0 Å². The van der Waals surface area contributed by atoms with Crippen molar-refractivity contribution in [3.05, 3.63) is 47.5 Å². The number of carbonyl (C=O) groups excluding carboxylic acids is 1. The van der Waals surface area contributed by atoms with Crippen molar-refractivity contribution in [1.82, 2.24) is 9.36 Å². The summed E-state index contributed by atoms with van der Waals surface area (Å²) >= 11 is 7.09. The number of nitrogens with one attached hydrogen (secondary N) is 1. The summed E-state index contributed by atoms with van der Waals surface area (Å²) in [5.74, 6) is 1.84. The Morgan fingerprint density at radius 1 is 1.14 bits per heavy atom. The predicted octanol–water partition coefficient (Wildman–Crippen LogP) is 4.67. The predicted molar refractivity (Wildman–Crippen MR) is 113 cm³/mol. The lowest BCUT2D eigenvalue weighted by Gasteiger charge is -2.10. The molecule has 3 aromatic rings. The Kier molecular flexibility index (Phi) is 7.26. The molecule has 9 heteroatoms. The van der Waals surface area contributed by atoms with Crippen molar-refractivity contribution in [2.24, 2.45) is 0 Å². The third-order valence-corrected chi connectivity index (χ3v) is 4.69. The first-order valence-corrected chi connectivity index (χ1v) is 10.1. The van der Waals surface area contributed by atoms with Crippen LogP contribution in [0.1, 0.15) is 13.3 Å². The maximum Gasteiger partial charge on any atom is 0.264 e. The van der Waals surface area contributed by atoms with Gasteiger partial charge in [0, 0.05) is 17.1 Å². The molecule has 0 atom stereocenters. The van der Waals surface area contributed by atoms with Gasteiger partial charge in [0.1, 0.15) is 5.75 Å². The number of anilines is 1. The van der Waals surface area contributed by atoms with E-state index in [-0.39, 0.29) is 12.5 Å². The average molecular weight is 434 g/mol. The van der Waals surface area contributed by atoms with Crippen LogP contribution in [0.4, 0.5) is 5.13 Å². The zero-order valence-electron chi connectivity index (χ0n) is 16.0. The molecule has 3 rings (SSSR count). The van der Waals surface area contributed by atoms with Crippen LogP contribution < -0.4 is 19.5 Å². The molecule has 0 bridgehead atoms. The van der Waals surface area contributed by atoms with E-state index in [4.69, 9.17) is 25.8 Å². The first kappa shape index (κ1) is 20.9. The minimum atomic E-state index is -0.353. The van der Waals surface area contributed by atoms with Crippen molar-refractivity contribution in [2.45, 2.75) is 13.3 Å². The number of carbonyl (C=O) groups is 1. The van der Waals surface area contributed by atoms with Crippen molar-refractivity contribution in [1.29, 1.82) is 0 Å². The van der Waals surface area contributed by atoms with E-state index < -0.39 is 0 Å². The number of halogens is 1. The van der Waals surface area contributed by atoms with Gasteiger partial charge in [0.05, 0.1) is 18.7 Å². The fraction of sp³-hybridized carbons (Fsp3) is 0.250. The molecule has 0 aliphatic carbocycles. The Morgan fingerprint density at radius 3 is 2.72 bits per heavy atom. The second-order valence-electron chi connectivity index (χ2n) is 5.90. The maximum atomic E-state index is 12.1. The summed E-state index contributed by atoms with van der Waals surface area (Å²) in [6.45, 7) is 2.46. The van der Waals surface area contributed by atoms with E-state index in [1.54, 1.807) is 37.4 Å². The minimum absolute atomic E-state index is 0.185. The number of benzene rings is 2. The molecule has 0 aliphatic heterocycles. The summed E-state index contributed by atoms with van der Waals surface area (Å²) in [6.07, 6.45) is 0.905. The van der Waals surface area contributed by atoms with Crippen molar-refractivity contribution >= 4 is 34.2 Å². The van der Waals surface area contributed by atoms with Gasteiger partial charge in [-0.15, -0.1) is 0 Å². The highest BCUT2D eigenvalue weighted by Gasteiger charge is 2.13. The second-order valence-corrected chi connectivity index (χ2v) is 7.06. The first-order chi connectivity index (χ1) is 14.1. The first-order valence-electron chi connectivity index (χ1n) is 8.92. The third kappa shape index (κ3) is 5.58. The number of methoxy groups -OCH3 is 1. The van der Waals surface area contributed by atoms with Crippen molar-refractivity contribution in [3.8, 4) is 28.6 Å². The summed E-state index contributed by atoms with van der Waals surface area (Å²) in [4.78, 5) is 16.5. The lowest BCUT2D eigenvalue weighted by Crippen LogP contribution is -2.20. The van der Waals surface area contributed by atoms with Gasteiger partial charge >= 0.3 is 0 Å². The number of aromatic nitrogens is 2. The van der Waals surface area contributed by atoms with E-state index in [1.807, 2.05) is 19.1 Å². The monoisotopic (exact) mass is 433 g/mol. The van der Waals surface area contributed by atoms with Crippen LogP contribution in [0.2, 0.25) is 5.02 Å². The van der Waals surface area contributed by atoms with E-state index in [9.17, 15) is 4.79 Å². The van der Waals surface area contributed by atoms with Gasteiger partial charge in [-0.2, -0.15) is 9.36 Å². The molecule has 1 amide bonds. The molecule has 152 valence electrons. The van der Waals surface area contributed by atoms with Gasteiger partial charge in [-0.25, -0.2) is 0 Å². The summed E-state index contributed by atoms with van der Waals surface area (Å²) < 4.78 is 20.8. The number of ether oxygens (including phenoxy) is 3. The van der Waals surface area contributed by atoms with Crippen LogP contribution in [-0.4, -0.2) is 35.6 Å². The Hall–Kier alpha value is -2.84. The number of hydrogen-bond acceptors (Lipinski definition) is 7. The lowest BCUT2D eigenvalue weighted by molar-refractivity contribution is -0.118. The molecule has 0 saturated heterocycles. The molecule has 0 saturated carbocycles. The lowest BCUT2D eigenvalue weighted by atomic mass is 10.2. The molecule has 0 radical (unpaired) electrons. The van der Waals surface area contributed by atoms with Crippen molar-refractivity contribution in [2.75, 3.05) is 25.6 Å². The van der Waals surface area contributed by atoms with E-state index in [1.165, 1.54) is 0 Å². The van der Waals surface area contributed by atoms with Gasteiger partial charge < -0.3 is 14.2 Å². The fourth-order valence-corrected chi connectivity index (χ4v) is 3.19. The molecule has 0 unspecified atom stereocenters. The van der Waals surface area contributed by atoms with Gasteiger partial charge in [0.2, 0.25) is 5.13 Å². The summed E-state index contributed by atoms with van der Waals surface area (Å²) in [5, 5.41) is 3.49. The molecule has 0 spiro atoms. The van der Waals surface area contributed by atoms with Gasteiger partial charge in [0.15, 0.2) is 23.9 Å². The Labute approximate surface area is 177 Å². The molecule has 1 heterocycles. The number of para-hydroxylation sites is 1. The highest BCUT2D eigenvalue weighted by Crippen LogP contribution is 2.32. The van der Waals surface area contributed by atoms with E-state index >= 15 is 0 Å². The summed E-state index contributed by atoms with van der Waals surface area (Å²) in [6, 6.07) is 12.4. The second kappa shape index (κ2) is 10.1. The zero-order valence-corrected chi connectivity index (χ0v) is 17.5. The molecular formula is C20H20ClN3O4S. The highest BCUT2D eigenvalue weighted by atomic mass is 35.5. The van der Waals surface area contributed by atoms with Crippen LogP contribution in [-0.2, 0) is 4.79 Å². The maximum absolute atomic E-state index is 12.1. The van der Waals surface area contributed by atoms with Crippen LogP contribution >= 0.6 is 23.1 Å². The molecule has 1 N–H and O–H groups in total. The molecule has 1 aromatic heterocycles. The smallest absolute Gasteiger partial charge is 0.264 e.